The van der Waals surface area contributed by atoms with E-state index in [1.54, 1.807) is 38.4 Å². The Bertz CT molecular complexity index is 1220. The van der Waals surface area contributed by atoms with Crippen molar-refractivity contribution in [3.8, 4) is 10.4 Å². The third-order valence-electron chi connectivity index (χ3n) is 7.17. The van der Waals surface area contributed by atoms with Gasteiger partial charge in [0.1, 0.15) is 12.1 Å². The van der Waals surface area contributed by atoms with Crippen molar-refractivity contribution >= 4 is 29.1 Å². The van der Waals surface area contributed by atoms with Crippen molar-refractivity contribution in [1.82, 2.24) is 20.5 Å². The summed E-state index contributed by atoms with van der Waals surface area (Å²) < 4.78 is 14.3. The van der Waals surface area contributed by atoms with Crippen LogP contribution in [0.1, 0.15) is 58.2 Å². The topological polar surface area (TPSA) is 132 Å². The highest BCUT2D eigenvalue weighted by atomic mass is 32.1. The van der Waals surface area contributed by atoms with Gasteiger partial charge in [0.25, 0.3) is 5.91 Å². The third kappa shape index (κ3) is 5.74. The number of aliphatic hydroxyl groups excluding tert-OH is 1. The number of alkyl halides is 1. The maximum Gasteiger partial charge on any atom is 0.258 e. The van der Waals surface area contributed by atoms with Gasteiger partial charge in [-0.05, 0) is 37.7 Å². The van der Waals surface area contributed by atoms with Crippen molar-refractivity contribution in [2.24, 2.45) is 5.41 Å². The van der Waals surface area contributed by atoms with Gasteiger partial charge in [0.05, 0.1) is 22.2 Å². The van der Waals surface area contributed by atoms with Gasteiger partial charge in [0, 0.05) is 18.5 Å². The number of aliphatic hydroxyl groups is 2. The molecule has 2 fully saturated rings. The van der Waals surface area contributed by atoms with Crippen LogP contribution >= 0.6 is 11.3 Å². The standard InChI is InChI=1S/C27H35FN4O5S/c1-15-20(38-14-29-15)16-6-8-17(9-7-16)26(5,37)31-22(34)19-12-18(33)13-32(19)23(35)21(25(2,3)4)30-24(36)27(28)10-11-27/h6-9,14,18-19,21,33,37H,10-13H2,1-5H3,(H,30,36)(H,31,34)/t18-,19?,21-,26?/m1/s1. The molecule has 9 nitrogen and oxygen atoms in total. The van der Waals surface area contributed by atoms with Gasteiger partial charge in [-0.3, -0.25) is 14.4 Å². The Morgan fingerprint density at radius 3 is 2.34 bits per heavy atom. The number of carbonyl (C=O) groups is 3. The van der Waals surface area contributed by atoms with Crippen molar-refractivity contribution in [3.05, 3.63) is 41.0 Å². The third-order valence-corrected chi connectivity index (χ3v) is 8.15. The highest BCUT2D eigenvalue weighted by Gasteiger charge is 2.53. The highest BCUT2D eigenvalue weighted by molar-refractivity contribution is 7.13. The van der Waals surface area contributed by atoms with Crippen LogP contribution < -0.4 is 10.6 Å². The number of hydrogen-bond donors (Lipinski definition) is 4. The molecule has 11 heteroatoms. The van der Waals surface area contributed by atoms with Crippen LogP contribution in [0.4, 0.5) is 4.39 Å². The van der Waals surface area contributed by atoms with Crippen LogP contribution in [-0.2, 0) is 20.1 Å². The molecule has 1 aromatic heterocycles. The fourth-order valence-electron chi connectivity index (χ4n) is 4.64. The zero-order chi connectivity index (χ0) is 28.0. The number of halogens is 1. The maximum absolute atomic E-state index is 14.3. The molecule has 2 heterocycles. The van der Waals surface area contributed by atoms with E-state index in [2.05, 4.69) is 15.6 Å². The molecule has 0 radical (unpaired) electrons. The number of nitrogens with one attached hydrogen (secondary N) is 2. The monoisotopic (exact) mass is 546 g/mol. The van der Waals surface area contributed by atoms with Gasteiger partial charge in [0.15, 0.2) is 11.4 Å². The molecule has 2 aromatic rings. The fraction of sp³-hybridized carbons (Fsp3) is 0.556. The Morgan fingerprint density at radius 1 is 1.18 bits per heavy atom. The molecule has 3 amide bonds. The Kier molecular flexibility index (Phi) is 7.41. The summed E-state index contributed by atoms with van der Waals surface area (Å²) in [5, 5.41) is 26.6. The molecule has 38 heavy (non-hydrogen) atoms. The van der Waals surface area contributed by atoms with Crippen LogP contribution in [0.15, 0.2) is 29.8 Å². The first-order chi connectivity index (χ1) is 17.6. The van der Waals surface area contributed by atoms with E-state index in [1.807, 2.05) is 19.1 Å². The predicted molar refractivity (Wildman–Crippen MR) is 141 cm³/mol. The van der Waals surface area contributed by atoms with Crippen LogP contribution in [0.5, 0.6) is 0 Å². The van der Waals surface area contributed by atoms with E-state index in [0.29, 0.717) is 5.56 Å². The number of likely N-dealkylation sites (tertiary alicyclic amines) is 1. The summed E-state index contributed by atoms with van der Waals surface area (Å²) in [5.74, 6) is -2.08. The molecule has 0 spiro atoms. The second-order valence-electron chi connectivity index (χ2n) is 11.5. The Morgan fingerprint density at radius 2 is 1.82 bits per heavy atom. The van der Waals surface area contributed by atoms with Crippen LogP contribution in [0, 0.1) is 12.3 Å². The minimum atomic E-state index is -1.96. The number of amides is 3. The zero-order valence-electron chi connectivity index (χ0n) is 22.2. The molecule has 1 aromatic carbocycles. The fourth-order valence-corrected chi connectivity index (χ4v) is 5.45. The first kappa shape index (κ1) is 28.1. The largest absolute Gasteiger partial charge is 0.391 e. The molecule has 1 saturated carbocycles. The summed E-state index contributed by atoms with van der Waals surface area (Å²) in [5.41, 5.74) is -0.473. The van der Waals surface area contributed by atoms with Crippen LogP contribution in [0.3, 0.4) is 0 Å². The number of aryl methyl sites for hydroxylation is 1. The first-order valence-electron chi connectivity index (χ1n) is 12.7. The summed E-state index contributed by atoms with van der Waals surface area (Å²) >= 11 is 1.51. The number of aromatic nitrogens is 1. The van der Waals surface area contributed by atoms with Gasteiger partial charge >= 0.3 is 0 Å². The smallest absolute Gasteiger partial charge is 0.258 e. The van der Waals surface area contributed by atoms with E-state index in [-0.39, 0.29) is 25.8 Å². The summed E-state index contributed by atoms with van der Waals surface area (Å²) in [4.78, 5) is 45.8. The minimum absolute atomic E-state index is 0.0326. The second-order valence-corrected chi connectivity index (χ2v) is 12.4. The molecule has 1 aliphatic carbocycles. The van der Waals surface area contributed by atoms with Crippen molar-refractivity contribution in [2.75, 3.05) is 6.54 Å². The number of benzene rings is 1. The molecule has 4 N–H and O–H groups in total. The lowest BCUT2D eigenvalue weighted by Gasteiger charge is -2.36. The van der Waals surface area contributed by atoms with E-state index >= 15 is 0 Å². The number of carbonyl (C=O) groups excluding carboxylic acids is 3. The van der Waals surface area contributed by atoms with Crippen LogP contribution in [-0.4, -0.2) is 68.2 Å². The molecule has 2 aliphatic rings. The van der Waals surface area contributed by atoms with Gasteiger partial charge in [-0.25, -0.2) is 9.37 Å². The average Bonchev–Trinajstić information content (AvgIpc) is 3.24. The molecular weight excluding hydrogens is 511 g/mol. The summed E-state index contributed by atoms with van der Waals surface area (Å²) in [6, 6.07) is 4.89. The van der Waals surface area contributed by atoms with Gasteiger partial charge in [0.2, 0.25) is 11.8 Å². The van der Waals surface area contributed by atoms with Crippen molar-refractivity contribution in [2.45, 2.75) is 83.5 Å². The Hall–Kier alpha value is -2.89. The molecule has 1 saturated heterocycles. The lowest BCUT2D eigenvalue weighted by Crippen LogP contribution is -2.60. The zero-order valence-corrected chi connectivity index (χ0v) is 23.1. The molecule has 2 unspecified atom stereocenters. The second kappa shape index (κ2) is 10.0. The van der Waals surface area contributed by atoms with Gasteiger partial charge in [-0.2, -0.15) is 0 Å². The number of thiazole rings is 1. The average molecular weight is 547 g/mol. The van der Waals surface area contributed by atoms with E-state index in [9.17, 15) is 29.0 Å². The normalized spacial score (nSPS) is 22.9. The predicted octanol–water partition coefficient (Wildman–Crippen LogP) is 2.39. The lowest BCUT2D eigenvalue weighted by molar-refractivity contribution is -0.146. The van der Waals surface area contributed by atoms with Crippen LogP contribution in [0.25, 0.3) is 10.4 Å². The minimum Gasteiger partial charge on any atom is -0.391 e. The van der Waals surface area contributed by atoms with Crippen LogP contribution in [0.2, 0.25) is 0 Å². The Balaban J connectivity index is 1.50. The number of rotatable bonds is 7. The van der Waals surface area contributed by atoms with E-state index < -0.39 is 52.7 Å². The molecule has 0 bridgehead atoms. The summed E-state index contributed by atoms with van der Waals surface area (Å²) in [7, 11) is 0. The number of β-amino-alcohol motifs (C(OH)–C–C–N with tert-alkyl or cyclic N) is 1. The first-order valence-corrected chi connectivity index (χ1v) is 13.5. The number of nitrogens with zero attached hydrogens (tertiary/aromatic N) is 2. The quantitative estimate of drug-likeness (QED) is 0.395. The number of hydrogen-bond acceptors (Lipinski definition) is 7. The molecular formula is C27H35FN4O5S. The highest BCUT2D eigenvalue weighted by Crippen LogP contribution is 2.40. The van der Waals surface area contributed by atoms with Crippen molar-refractivity contribution in [1.29, 1.82) is 0 Å². The summed E-state index contributed by atoms with van der Waals surface area (Å²) in [6.07, 6.45) is -0.780. The van der Waals surface area contributed by atoms with Gasteiger partial charge < -0.3 is 25.7 Å². The van der Waals surface area contributed by atoms with E-state index in [4.69, 9.17) is 0 Å². The van der Waals surface area contributed by atoms with Gasteiger partial charge in [-0.1, -0.05) is 45.0 Å². The molecule has 4 rings (SSSR count). The van der Waals surface area contributed by atoms with Gasteiger partial charge in [-0.15, -0.1) is 11.3 Å². The Labute approximate surface area is 225 Å². The molecule has 206 valence electrons. The SMILES string of the molecule is Cc1ncsc1-c1ccc(C(C)(O)NC(=O)C2C[C@@H](O)CN2C(=O)[C@@H](NC(=O)C2(F)CC2)C(C)(C)C)cc1. The van der Waals surface area contributed by atoms with Crippen molar-refractivity contribution in [3.63, 3.8) is 0 Å². The lowest BCUT2D eigenvalue weighted by atomic mass is 9.85. The molecule has 4 atom stereocenters. The molecule has 1 aliphatic heterocycles. The summed E-state index contributed by atoms with van der Waals surface area (Å²) in [6.45, 7) is 8.43. The van der Waals surface area contributed by atoms with Crippen molar-refractivity contribution < 1.29 is 29.0 Å². The maximum atomic E-state index is 14.3. The van der Waals surface area contributed by atoms with E-state index in [0.717, 1.165) is 16.1 Å². The van der Waals surface area contributed by atoms with E-state index in [1.165, 1.54) is 23.2 Å².